The molecule has 3 rings (SSSR count). The van der Waals surface area contributed by atoms with Gasteiger partial charge < -0.3 is 5.32 Å². The van der Waals surface area contributed by atoms with E-state index in [4.69, 9.17) is 0 Å². The van der Waals surface area contributed by atoms with E-state index in [-0.39, 0.29) is 18.3 Å². The Kier molecular flexibility index (Phi) is 6.67. The van der Waals surface area contributed by atoms with E-state index in [9.17, 15) is 27.6 Å². The molecule has 4 atom stereocenters. The molecule has 2 aliphatic carbocycles. The highest BCUT2D eigenvalue weighted by Crippen LogP contribution is 2.39. The van der Waals surface area contributed by atoms with Crippen LogP contribution >= 0.6 is 0 Å². The van der Waals surface area contributed by atoms with Gasteiger partial charge in [0, 0.05) is 12.5 Å². The number of urea groups is 1. The number of amides is 4. The Hall–Kier alpha value is -1.80. The van der Waals surface area contributed by atoms with Gasteiger partial charge in [0.1, 0.15) is 0 Å². The van der Waals surface area contributed by atoms with Gasteiger partial charge in [-0.25, -0.2) is 4.79 Å². The van der Waals surface area contributed by atoms with Crippen molar-refractivity contribution in [3.05, 3.63) is 0 Å². The fourth-order valence-electron chi connectivity index (χ4n) is 5.20. The number of halogens is 3. The molecule has 1 aliphatic heterocycles. The summed E-state index contributed by atoms with van der Waals surface area (Å²) in [6, 6.07) is -1.69. The van der Waals surface area contributed by atoms with Crippen LogP contribution in [0.1, 0.15) is 78.1 Å². The standard InChI is InChI=1S/C21H32F3N3O3/c1-13-7-6-10-16(14(13)2)27-18(29)20(21(22,23)24,26-19(27)30)25-17(28)12-11-15-8-4-3-5-9-15/h13-16H,3-12H2,1-2H3,(H,25,28)(H,26,30)/t13-,14+,16+,20+/m0/s1. The van der Waals surface area contributed by atoms with Crippen molar-refractivity contribution in [1.29, 1.82) is 0 Å². The highest BCUT2D eigenvalue weighted by atomic mass is 19.4. The Balaban J connectivity index is 1.75. The number of imide groups is 1. The second kappa shape index (κ2) is 8.75. The lowest BCUT2D eigenvalue weighted by molar-refractivity contribution is -0.205. The first-order valence-corrected chi connectivity index (χ1v) is 11.1. The Morgan fingerprint density at radius 2 is 1.77 bits per heavy atom. The van der Waals surface area contributed by atoms with Crippen molar-refractivity contribution in [2.45, 2.75) is 95.9 Å². The fourth-order valence-corrected chi connectivity index (χ4v) is 5.20. The van der Waals surface area contributed by atoms with Crippen molar-refractivity contribution in [3.63, 3.8) is 0 Å². The van der Waals surface area contributed by atoms with Crippen molar-refractivity contribution in [2.24, 2.45) is 17.8 Å². The Morgan fingerprint density at radius 3 is 2.40 bits per heavy atom. The summed E-state index contributed by atoms with van der Waals surface area (Å²) >= 11 is 0. The van der Waals surface area contributed by atoms with Crippen LogP contribution in [0, 0.1) is 17.8 Å². The monoisotopic (exact) mass is 431 g/mol. The molecule has 1 heterocycles. The molecular weight excluding hydrogens is 399 g/mol. The van der Waals surface area contributed by atoms with E-state index in [0.717, 1.165) is 44.9 Å². The molecule has 0 bridgehead atoms. The maximum absolute atomic E-state index is 14.0. The predicted octanol–water partition coefficient (Wildman–Crippen LogP) is 4.10. The van der Waals surface area contributed by atoms with Gasteiger partial charge in [0.05, 0.1) is 0 Å². The molecule has 0 spiro atoms. The Bertz CT molecular complexity index is 678. The summed E-state index contributed by atoms with van der Waals surface area (Å²) < 4.78 is 42.1. The molecule has 2 N–H and O–H groups in total. The maximum atomic E-state index is 14.0. The average molecular weight is 431 g/mol. The smallest absolute Gasteiger partial charge is 0.318 e. The lowest BCUT2D eigenvalue weighted by Crippen LogP contribution is -2.69. The van der Waals surface area contributed by atoms with Gasteiger partial charge in [-0.2, -0.15) is 13.2 Å². The lowest BCUT2D eigenvalue weighted by atomic mass is 9.77. The molecule has 0 unspecified atom stereocenters. The number of rotatable bonds is 5. The third kappa shape index (κ3) is 4.30. The van der Waals surface area contributed by atoms with Crippen LogP contribution in [0.5, 0.6) is 0 Å². The Labute approximate surface area is 175 Å². The molecule has 170 valence electrons. The quantitative estimate of drug-likeness (QED) is 0.644. The molecule has 2 saturated carbocycles. The van der Waals surface area contributed by atoms with Crippen molar-refractivity contribution in [3.8, 4) is 0 Å². The number of nitrogens with one attached hydrogen (secondary N) is 2. The summed E-state index contributed by atoms with van der Waals surface area (Å²) in [5, 5.41) is 3.65. The highest BCUT2D eigenvalue weighted by molar-refractivity contribution is 6.09. The van der Waals surface area contributed by atoms with E-state index < -0.39 is 35.7 Å². The zero-order valence-electron chi connectivity index (χ0n) is 17.7. The normalized spacial score (nSPS) is 33.5. The topological polar surface area (TPSA) is 78.5 Å². The summed E-state index contributed by atoms with van der Waals surface area (Å²) in [5.74, 6) is -1.88. The first-order valence-electron chi connectivity index (χ1n) is 11.1. The third-order valence-corrected chi connectivity index (χ3v) is 7.30. The molecular formula is C21H32F3N3O3. The van der Waals surface area contributed by atoms with E-state index in [1.807, 2.05) is 19.2 Å². The van der Waals surface area contributed by atoms with E-state index in [0.29, 0.717) is 23.7 Å². The van der Waals surface area contributed by atoms with Crippen LogP contribution in [-0.4, -0.2) is 40.6 Å². The minimum atomic E-state index is -5.14. The molecule has 3 aliphatic rings. The zero-order chi connectivity index (χ0) is 22.1. The van der Waals surface area contributed by atoms with Crippen molar-refractivity contribution >= 4 is 17.8 Å². The third-order valence-electron chi connectivity index (χ3n) is 7.30. The number of carbonyl (C=O) groups excluding carboxylic acids is 3. The molecule has 9 heteroatoms. The van der Waals surface area contributed by atoms with Gasteiger partial charge in [0.15, 0.2) is 0 Å². The van der Waals surface area contributed by atoms with Gasteiger partial charge in [-0.05, 0) is 30.6 Å². The summed E-state index contributed by atoms with van der Waals surface area (Å²) in [5.41, 5.74) is -3.38. The maximum Gasteiger partial charge on any atom is 0.440 e. The molecule has 30 heavy (non-hydrogen) atoms. The van der Waals surface area contributed by atoms with E-state index in [2.05, 4.69) is 0 Å². The first kappa shape index (κ1) is 22.9. The number of carbonyl (C=O) groups is 3. The van der Waals surface area contributed by atoms with Gasteiger partial charge in [-0.3, -0.25) is 19.8 Å². The number of nitrogens with zero attached hydrogens (tertiary/aromatic N) is 1. The number of alkyl halides is 3. The van der Waals surface area contributed by atoms with E-state index in [1.165, 1.54) is 0 Å². The minimum Gasteiger partial charge on any atom is -0.318 e. The molecule has 0 aromatic carbocycles. The van der Waals surface area contributed by atoms with Crippen LogP contribution < -0.4 is 10.6 Å². The SMILES string of the molecule is C[C@H]1[C@H](N2C(=O)N[C@@](NC(=O)CCC3CCCCC3)(C(F)(F)F)C2=O)CCC[C@@H]1C. The van der Waals surface area contributed by atoms with Gasteiger partial charge >= 0.3 is 12.2 Å². The molecule has 4 amide bonds. The van der Waals surface area contributed by atoms with Crippen molar-refractivity contribution in [1.82, 2.24) is 15.5 Å². The minimum absolute atomic E-state index is 0.0947. The van der Waals surface area contributed by atoms with Gasteiger partial charge in [-0.15, -0.1) is 0 Å². The Morgan fingerprint density at radius 1 is 1.10 bits per heavy atom. The van der Waals surface area contributed by atoms with Gasteiger partial charge in [-0.1, -0.05) is 58.8 Å². The second-order valence-electron chi connectivity index (χ2n) is 9.28. The summed E-state index contributed by atoms with van der Waals surface area (Å²) in [4.78, 5) is 38.6. The molecule has 0 aromatic rings. The zero-order valence-corrected chi connectivity index (χ0v) is 17.7. The van der Waals surface area contributed by atoms with Crippen LogP contribution in [0.4, 0.5) is 18.0 Å². The van der Waals surface area contributed by atoms with Crippen LogP contribution in [0.2, 0.25) is 0 Å². The van der Waals surface area contributed by atoms with Crippen LogP contribution in [-0.2, 0) is 9.59 Å². The summed E-state index contributed by atoms with van der Waals surface area (Å²) in [6.45, 7) is 3.82. The van der Waals surface area contributed by atoms with Crippen molar-refractivity contribution < 1.29 is 27.6 Å². The highest BCUT2D eigenvalue weighted by Gasteiger charge is 2.69. The first-order chi connectivity index (χ1) is 14.1. The van der Waals surface area contributed by atoms with Crippen LogP contribution in [0.3, 0.4) is 0 Å². The molecule has 0 aromatic heterocycles. The predicted molar refractivity (Wildman–Crippen MR) is 104 cm³/mol. The summed E-state index contributed by atoms with van der Waals surface area (Å²) in [6.07, 6.45) is 2.59. The molecule has 3 fully saturated rings. The van der Waals surface area contributed by atoms with Gasteiger partial charge in [0.2, 0.25) is 5.91 Å². The van der Waals surface area contributed by atoms with E-state index >= 15 is 0 Å². The van der Waals surface area contributed by atoms with Crippen LogP contribution in [0.25, 0.3) is 0 Å². The largest absolute Gasteiger partial charge is 0.440 e. The fraction of sp³-hybridized carbons (Fsp3) is 0.857. The van der Waals surface area contributed by atoms with Crippen molar-refractivity contribution in [2.75, 3.05) is 0 Å². The van der Waals surface area contributed by atoms with E-state index in [1.54, 1.807) is 5.32 Å². The second-order valence-corrected chi connectivity index (χ2v) is 9.28. The van der Waals surface area contributed by atoms with Crippen LogP contribution in [0.15, 0.2) is 0 Å². The number of hydrogen-bond donors (Lipinski definition) is 2. The molecule has 1 saturated heterocycles. The molecule has 6 nitrogen and oxygen atoms in total. The average Bonchev–Trinajstić information content (AvgIpc) is 2.94. The molecule has 0 radical (unpaired) electrons. The summed E-state index contributed by atoms with van der Waals surface area (Å²) in [7, 11) is 0. The number of hydrogen-bond acceptors (Lipinski definition) is 3. The van der Waals surface area contributed by atoms with Gasteiger partial charge in [0.25, 0.3) is 11.6 Å². The lowest BCUT2D eigenvalue weighted by Gasteiger charge is -2.38.